The monoisotopic (exact) mass is 279 g/mol. The van der Waals surface area contributed by atoms with Crippen LogP contribution < -0.4 is 4.74 Å². The van der Waals surface area contributed by atoms with Gasteiger partial charge >= 0.3 is 6.18 Å². The van der Waals surface area contributed by atoms with E-state index in [2.05, 4.69) is 10.0 Å². The minimum absolute atomic E-state index is 0.0574. The molecule has 0 saturated heterocycles. The van der Waals surface area contributed by atoms with Gasteiger partial charge in [0.25, 0.3) is 0 Å². The van der Waals surface area contributed by atoms with Crippen LogP contribution in [-0.2, 0) is 6.18 Å². The molecule has 0 saturated carbocycles. The third kappa shape index (κ3) is 3.21. The SMILES string of the molecule is [N-]=[N+]=Nc1cc(C(F)(F)F)ccc1Oc1ccccc1. The van der Waals surface area contributed by atoms with Crippen LogP contribution in [0.5, 0.6) is 11.5 Å². The van der Waals surface area contributed by atoms with E-state index in [0.29, 0.717) is 5.75 Å². The van der Waals surface area contributed by atoms with Gasteiger partial charge in [-0.1, -0.05) is 23.3 Å². The first-order valence-electron chi connectivity index (χ1n) is 5.50. The first kappa shape index (κ1) is 13.8. The average molecular weight is 279 g/mol. The van der Waals surface area contributed by atoms with E-state index >= 15 is 0 Å². The third-order valence-electron chi connectivity index (χ3n) is 2.41. The second-order valence-electron chi connectivity index (χ2n) is 3.78. The summed E-state index contributed by atoms with van der Waals surface area (Å²) in [5.74, 6) is 0.489. The van der Waals surface area contributed by atoms with E-state index in [0.717, 1.165) is 18.2 Å². The topological polar surface area (TPSA) is 58.0 Å². The molecule has 0 atom stereocenters. The van der Waals surface area contributed by atoms with Gasteiger partial charge in [-0.3, -0.25) is 0 Å². The Hall–Kier alpha value is -2.66. The standard InChI is InChI=1S/C13H8F3N3O/c14-13(15,16)9-6-7-12(11(8-9)18-19-17)20-10-4-2-1-3-5-10/h1-8H. The van der Waals surface area contributed by atoms with Crippen LogP contribution in [0, 0.1) is 0 Å². The minimum Gasteiger partial charge on any atom is -0.457 e. The number of alkyl halides is 3. The van der Waals surface area contributed by atoms with Crippen LogP contribution in [0.2, 0.25) is 0 Å². The Balaban J connectivity index is 2.40. The smallest absolute Gasteiger partial charge is 0.416 e. The minimum atomic E-state index is -4.51. The molecule has 102 valence electrons. The van der Waals surface area contributed by atoms with Crippen molar-refractivity contribution in [1.82, 2.24) is 0 Å². The van der Waals surface area contributed by atoms with Gasteiger partial charge in [0.05, 0.1) is 11.3 Å². The van der Waals surface area contributed by atoms with Crippen LogP contribution in [0.1, 0.15) is 5.56 Å². The lowest BCUT2D eigenvalue weighted by atomic mass is 10.2. The molecule has 0 aromatic heterocycles. The zero-order valence-electron chi connectivity index (χ0n) is 10.0. The zero-order valence-corrected chi connectivity index (χ0v) is 10.0. The Morgan fingerprint density at radius 1 is 1.05 bits per heavy atom. The van der Waals surface area contributed by atoms with E-state index in [9.17, 15) is 13.2 Å². The number of nitrogens with zero attached hydrogens (tertiary/aromatic N) is 3. The molecule has 4 nitrogen and oxygen atoms in total. The Morgan fingerprint density at radius 3 is 2.35 bits per heavy atom. The molecular weight excluding hydrogens is 271 g/mol. The van der Waals surface area contributed by atoms with Crippen LogP contribution in [0.25, 0.3) is 10.4 Å². The second kappa shape index (κ2) is 5.54. The van der Waals surface area contributed by atoms with Crippen LogP contribution in [0.3, 0.4) is 0 Å². The van der Waals surface area contributed by atoms with E-state index in [-0.39, 0.29) is 11.4 Å². The number of hydrogen-bond acceptors (Lipinski definition) is 2. The maximum atomic E-state index is 12.6. The van der Waals surface area contributed by atoms with E-state index < -0.39 is 11.7 Å². The summed E-state index contributed by atoms with van der Waals surface area (Å²) in [5, 5.41) is 3.23. The maximum Gasteiger partial charge on any atom is 0.416 e. The molecule has 20 heavy (non-hydrogen) atoms. The normalized spacial score (nSPS) is 10.8. The molecule has 0 spiro atoms. The van der Waals surface area contributed by atoms with Gasteiger partial charge in [0.15, 0.2) is 0 Å². The summed E-state index contributed by atoms with van der Waals surface area (Å²) >= 11 is 0. The highest BCUT2D eigenvalue weighted by Gasteiger charge is 2.31. The highest BCUT2D eigenvalue weighted by Crippen LogP contribution is 2.38. The highest BCUT2D eigenvalue weighted by molar-refractivity contribution is 5.55. The van der Waals surface area contributed by atoms with Crippen LogP contribution in [0.4, 0.5) is 18.9 Å². The Morgan fingerprint density at radius 2 is 1.75 bits per heavy atom. The molecule has 0 heterocycles. The number of benzene rings is 2. The fraction of sp³-hybridized carbons (Fsp3) is 0.0769. The Kier molecular flexibility index (Phi) is 3.81. The maximum absolute atomic E-state index is 12.6. The van der Waals surface area contributed by atoms with Gasteiger partial charge in [0, 0.05) is 4.91 Å². The van der Waals surface area contributed by atoms with Gasteiger partial charge in [0.1, 0.15) is 11.5 Å². The fourth-order valence-corrected chi connectivity index (χ4v) is 1.52. The molecule has 2 rings (SSSR count). The lowest BCUT2D eigenvalue weighted by Gasteiger charge is -2.11. The third-order valence-corrected chi connectivity index (χ3v) is 2.41. The summed E-state index contributed by atoms with van der Waals surface area (Å²) in [6, 6.07) is 11.2. The first-order valence-corrected chi connectivity index (χ1v) is 5.50. The molecule has 0 bridgehead atoms. The van der Waals surface area contributed by atoms with Crippen LogP contribution in [0.15, 0.2) is 53.6 Å². The molecule has 0 fully saturated rings. The highest BCUT2D eigenvalue weighted by atomic mass is 19.4. The van der Waals surface area contributed by atoms with Gasteiger partial charge in [-0.25, -0.2) is 0 Å². The molecule has 2 aromatic carbocycles. The first-order chi connectivity index (χ1) is 9.50. The quantitative estimate of drug-likeness (QED) is 0.419. The van der Waals surface area contributed by atoms with Crippen molar-refractivity contribution < 1.29 is 17.9 Å². The number of azide groups is 1. The Labute approximate surface area is 112 Å². The summed E-state index contributed by atoms with van der Waals surface area (Å²) < 4.78 is 43.2. The molecule has 0 amide bonds. The summed E-state index contributed by atoms with van der Waals surface area (Å²) in [6.07, 6.45) is -4.51. The predicted octanol–water partition coefficient (Wildman–Crippen LogP) is 5.44. The Bertz CT molecular complexity index is 650. The van der Waals surface area contributed by atoms with E-state index in [1.54, 1.807) is 30.3 Å². The molecule has 0 N–H and O–H groups in total. The lowest BCUT2D eigenvalue weighted by molar-refractivity contribution is -0.137. The number of halogens is 3. The van der Waals surface area contributed by atoms with Gasteiger partial charge < -0.3 is 4.74 Å². The lowest BCUT2D eigenvalue weighted by Crippen LogP contribution is -2.04. The van der Waals surface area contributed by atoms with Crippen molar-refractivity contribution in [3.8, 4) is 11.5 Å². The second-order valence-corrected chi connectivity index (χ2v) is 3.78. The van der Waals surface area contributed by atoms with Crippen molar-refractivity contribution in [1.29, 1.82) is 0 Å². The summed E-state index contributed by atoms with van der Waals surface area (Å²) in [7, 11) is 0. The zero-order chi connectivity index (χ0) is 14.6. The molecule has 0 aliphatic carbocycles. The molecule has 0 aliphatic rings. The molecule has 0 aliphatic heterocycles. The van der Waals surface area contributed by atoms with Crippen LogP contribution >= 0.6 is 0 Å². The van der Waals surface area contributed by atoms with Crippen molar-refractivity contribution in [2.24, 2.45) is 5.11 Å². The van der Waals surface area contributed by atoms with E-state index in [1.807, 2.05) is 0 Å². The molecule has 0 radical (unpaired) electrons. The molecule has 7 heteroatoms. The van der Waals surface area contributed by atoms with E-state index in [1.165, 1.54) is 0 Å². The number of ether oxygens (including phenoxy) is 1. The van der Waals surface area contributed by atoms with Crippen LogP contribution in [-0.4, -0.2) is 0 Å². The fourth-order valence-electron chi connectivity index (χ4n) is 1.52. The van der Waals surface area contributed by atoms with Gasteiger partial charge in [-0.15, -0.1) is 0 Å². The molecule has 0 unspecified atom stereocenters. The van der Waals surface area contributed by atoms with Crippen molar-refractivity contribution in [2.75, 3.05) is 0 Å². The van der Waals surface area contributed by atoms with Gasteiger partial charge in [0.2, 0.25) is 0 Å². The van der Waals surface area contributed by atoms with Gasteiger partial charge in [-0.2, -0.15) is 13.2 Å². The molecular formula is C13H8F3N3O. The number of rotatable bonds is 3. The summed E-state index contributed by atoms with van der Waals surface area (Å²) in [5.41, 5.74) is 7.31. The largest absolute Gasteiger partial charge is 0.457 e. The average Bonchev–Trinajstić information content (AvgIpc) is 2.41. The van der Waals surface area contributed by atoms with Gasteiger partial charge in [-0.05, 0) is 35.9 Å². The predicted molar refractivity (Wildman–Crippen MR) is 66.8 cm³/mol. The summed E-state index contributed by atoms with van der Waals surface area (Å²) in [4.78, 5) is 2.51. The summed E-state index contributed by atoms with van der Waals surface area (Å²) in [6.45, 7) is 0. The van der Waals surface area contributed by atoms with Crippen molar-refractivity contribution in [3.63, 3.8) is 0 Å². The van der Waals surface area contributed by atoms with Crippen molar-refractivity contribution >= 4 is 5.69 Å². The van der Waals surface area contributed by atoms with Crippen molar-refractivity contribution in [2.45, 2.75) is 6.18 Å². The van der Waals surface area contributed by atoms with Crippen molar-refractivity contribution in [3.05, 3.63) is 64.5 Å². The number of hydrogen-bond donors (Lipinski definition) is 0. The number of para-hydroxylation sites is 1. The molecule has 2 aromatic rings. The van der Waals surface area contributed by atoms with E-state index in [4.69, 9.17) is 10.3 Å².